The molecule has 0 amide bonds. The average molecular weight is 378 g/mol. The third-order valence-corrected chi connectivity index (χ3v) is 6.13. The Morgan fingerprint density at radius 3 is 2.96 bits per heavy atom. The number of likely N-dealkylation sites (N-methyl/N-ethyl adjacent to an activating group) is 1. The van der Waals surface area contributed by atoms with Gasteiger partial charge in [-0.05, 0) is 77.0 Å². The molecule has 138 valence electrons. The van der Waals surface area contributed by atoms with Crippen molar-refractivity contribution in [3.05, 3.63) is 75.7 Å². The van der Waals surface area contributed by atoms with Crippen molar-refractivity contribution in [3.63, 3.8) is 0 Å². The minimum Gasteiger partial charge on any atom is -0.478 e. The summed E-state index contributed by atoms with van der Waals surface area (Å²) in [6.07, 6.45) is 5.87. The van der Waals surface area contributed by atoms with Gasteiger partial charge < -0.3 is 5.11 Å². The lowest BCUT2D eigenvalue weighted by Crippen LogP contribution is -2.32. The molecular formula is C22H22N2O2S. The lowest BCUT2D eigenvalue weighted by atomic mass is 9.87. The Kier molecular flexibility index (Phi) is 5.05. The number of fused-ring (bicyclic) bond motifs is 1. The van der Waals surface area contributed by atoms with Crippen LogP contribution in [0, 0.1) is 0 Å². The van der Waals surface area contributed by atoms with Crippen LogP contribution in [-0.2, 0) is 12.8 Å². The van der Waals surface area contributed by atoms with E-state index in [0.29, 0.717) is 18.0 Å². The van der Waals surface area contributed by atoms with Crippen molar-refractivity contribution < 1.29 is 9.90 Å². The van der Waals surface area contributed by atoms with E-state index in [9.17, 15) is 9.90 Å². The van der Waals surface area contributed by atoms with Crippen molar-refractivity contribution in [1.82, 2.24) is 9.88 Å². The smallest absolute Gasteiger partial charge is 0.336 e. The lowest BCUT2D eigenvalue weighted by molar-refractivity contribution is 0.0695. The molecule has 0 bridgehead atoms. The first-order chi connectivity index (χ1) is 13.1. The maximum atomic E-state index is 11.4. The second kappa shape index (κ2) is 7.62. The number of thiophene rings is 1. The summed E-state index contributed by atoms with van der Waals surface area (Å²) in [6, 6.07) is 10.8. The number of hydrogen-bond acceptors (Lipinski definition) is 4. The fourth-order valence-corrected chi connectivity index (χ4v) is 4.61. The Hall–Kier alpha value is -2.50. The molecular weight excluding hydrogens is 356 g/mol. The van der Waals surface area contributed by atoms with Gasteiger partial charge in [-0.3, -0.25) is 9.88 Å². The van der Waals surface area contributed by atoms with E-state index >= 15 is 0 Å². The molecule has 1 aliphatic heterocycles. The van der Waals surface area contributed by atoms with E-state index in [2.05, 4.69) is 52.0 Å². The predicted octanol–water partition coefficient (Wildman–Crippen LogP) is 4.67. The highest BCUT2D eigenvalue weighted by Crippen LogP contribution is 2.35. The van der Waals surface area contributed by atoms with E-state index < -0.39 is 5.97 Å². The van der Waals surface area contributed by atoms with Crippen LogP contribution in [0.15, 0.2) is 53.5 Å². The number of pyridine rings is 1. The van der Waals surface area contributed by atoms with Crippen LogP contribution < -0.4 is 0 Å². The Labute approximate surface area is 163 Å². The van der Waals surface area contributed by atoms with Gasteiger partial charge in [0.15, 0.2) is 0 Å². The molecule has 0 radical (unpaired) electrons. The minimum atomic E-state index is -0.884. The van der Waals surface area contributed by atoms with Crippen LogP contribution in [-0.4, -0.2) is 34.6 Å². The van der Waals surface area contributed by atoms with Gasteiger partial charge in [0.2, 0.25) is 0 Å². The Bertz CT molecular complexity index is 953. The van der Waals surface area contributed by atoms with E-state index in [4.69, 9.17) is 0 Å². The molecule has 0 unspecified atom stereocenters. The summed E-state index contributed by atoms with van der Waals surface area (Å²) in [5.74, 6) is -0.884. The van der Waals surface area contributed by atoms with E-state index in [-0.39, 0.29) is 0 Å². The molecule has 1 N–H and O–H groups in total. The van der Waals surface area contributed by atoms with Crippen LogP contribution in [0.25, 0.3) is 11.1 Å². The van der Waals surface area contributed by atoms with Crippen LogP contribution in [0.4, 0.5) is 0 Å². The summed E-state index contributed by atoms with van der Waals surface area (Å²) in [4.78, 5) is 17.9. The van der Waals surface area contributed by atoms with Gasteiger partial charge >= 0.3 is 5.97 Å². The first-order valence-electron chi connectivity index (χ1n) is 9.15. The number of aromatic carboxylic acids is 1. The number of rotatable bonds is 5. The zero-order valence-electron chi connectivity index (χ0n) is 15.3. The molecule has 0 spiro atoms. The summed E-state index contributed by atoms with van der Waals surface area (Å²) < 4.78 is 0. The van der Waals surface area contributed by atoms with Crippen molar-refractivity contribution in [2.75, 3.05) is 13.6 Å². The molecule has 0 saturated carbocycles. The zero-order chi connectivity index (χ0) is 18.8. The van der Waals surface area contributed by atoms with Crippen LogP contribution >= 0.6 is 11.3 Å². The van der Waals surface area contributed by atoms with E-state index in [1.54, 1.807) is 29.8 Å². The normalized spacial score (nSPS) is 16.9. The summed E-state index contributed by atoms with van der Waals surface area (Å²) in [7, 11) is 2.15. The number of hydrogen-bond donors (Lipinski definition) is 1. The molecule has 0 saturated heterocycles. The number of carboxylic acids is 1. The SMILES string of the molecule is CN1CCc2cc(-c3ccsc3)ccc2[C@@H]1CCc1cnccc1C(=O)O. The van der Waals surface area contributed by atoms with E-state index in [0.717, 1.165) is 24.9 Å². The van der Waals surface area contributed by atoms with Gasteiger partial charge in [-0.1, -0.05) is 18.2 Å². The number of aromatic nitrogens is 1. The van der Waals surface area contributed by atoms with Crippen molar-refractivity contribution in [1.29, 1.82) is 0 Å². The highest BCUT2D eigenvalue weighted by molar-refractivity contribution is 7.08. The van der Waals surface area contributed by atoms with Gasteiger partial charge in [0, 0.05) is 25.0 Å². The Morgan fingerprint density at radius 1 is 1.30 bits per heavy atom. The first kappa shape index (κ1) is 17.9. The molecule has 1 aliphatic rings. The third-order valence-electron chi connectivity index (χ3n) is 5.44. The summed E-state index contributed by atoms with van der Waals surface area (Å²) >= 11 is 1.72. The van der Waals surface area contributed by atoms with Gasteiger partial charge in [0.1, 0.15) is 0 Å². The molecule has 1 aromatic carbocycles. The van der Waals surface area contributed by atoms with Gasteiger partial charge in [-0.15, -0.1) is 0 Å². The van der Waals surface area contributed by atoms with Crippen LogP contribution in [0.2, 0.25) is 0 Å². The number of benzene rings is 1. The molecule has 0 aliphatic carbocycles. The fourth-order valence-electron chi connectivity index (χ4n) is 3.95. The number of nitrogens with zero attached hydrogens (tertiary/aromatic N) is 2. The van der Waals surface area contributed by atoms with Gasteiger partial charge in [0.25, 0.3) is 0 Å². The lowest BCUT2D eigenvalue weighted by Gasteiger charge is -2.35. The van der Waals surface area contributed by atoms with Gasteiger partial charge in [0.05, 0.1) is 5.56 Å². The summed E-state index contributed by atoms with van der Waals surface area (Å²) in [5, 5.41) is 13.7. The van der Waals surface area contributed by atoms with E-state index in [1.807, 2.05) is 0 Å². The zero-order valence-corrected chi connectivity index (χ0v) is 16.1. The Morgan fingerprint density at radius 2 is 2.19 bits per heavy atom. The molecule has 0 fully saturated rings. The van der Waals surface area contributed by atoms with Crippen molar-refractivity contribution in [3.8, 4) is 11.1 Å². The Balaban J connectivity index is 1.58. The number of carboxylic acid groups (broad SMARTS) is 1. The summed E-state index contributed by atoms with van der Waals surface area (Å²) in [5.41, 5.74) is 6.49. The van der Waals surface area contributed by atoms with Crippen molar-refractivity contribution >= 4 is 17.3 Å². The van der Waals surface area contributed by atoms with E-state index in [1.165, 1.54) is 22.3 Å². The second-order valence-electron chi connectivity index (χ2n) is 7.05. The monoisotopic (exact) mass is 378 g/mol. The predicted molar refractivity (Wildman–Crippen MR) is 108 cm³/mol. The second-order valence-corrected chi connectivity index (χ2v) is 7.83. The summed E-state index contributed by atoms with van der Waals surface area (Å²) in [6.45, 7) is 1.02. The molecule has 5 heteroatoms. The molecule has 4 rings (SSSR count). The van der Waals surface area contributed by atoms with Gasteiger partial charge in [-0.2, -0.15) is 11.3 Å². The third kappa shape index (κ3) is 3.66. The molecule has 4 nitrogen and oxygen atoms in total. The first-order valence-corrected chi connectivity index (χ1v) is 10.1. The number of carbonyl (C=O) groups is 1. The highest BCUT2D eigenvalue weighted by atomic mass is 32.1. The topological polar surface area (TPSA) is 53.4 Å². The largest absolute Gasteiger partial charge is 0.478 e. The van der Waals surface area contributed by atoms with Crippen LogP contribution in [0.1, 0.15) is 39.5 Å². The minimum absolute atomic E-state index is 0.298. The maximum absolute atomic E-state index is 11.4. The standard InChI is InChI=1S/C22H22N2O2S/c1-24-10-7-16-12-15(18-8-11-27-14-18)2-4-19(16)21(24)5-3-17-13-23-9-6-20(17)22(25)26/h2,4,6,8-9,11-14,21H,3,5,7,10H2,1H3,(H,25,26)/t21-/m0/s1. The highest BCUT2D eigenvalue weighted by Gasteiger charge is 2.25. The van der Waals surface area contributed by atoms with Crippen molar-refractivity contribution in [2.45, 2.75) is 25.3 Å². The molecule has 2 aromatic heterocycles. The molecule has 1 atom stereocenters. The molecule has 27 heavy (non-hydrogen) atoms. The fraction of sp³-hybridized carbons (Fsp3) is 0.273. The average Bonchev–Trinajstić information content (AvgIpc) is 3.22. The molecule has 3 heterocycles. The van der Waals surface area contributed by atoms with Crippen LogP contribution in [0.3, 0.4) is 0 Å². The van der Waals surface area contributed by atoms with Crippen LogP contribution in [0.5, 0.6) is 0 Å². The number of aryl methyl sites for hydroxylation is 1. The quantitative estimate of drug-likeness (QED) is 0.701. The molecule has 3 aromatic rings. The maximum Gasteiger partial charge on any atom is 0.336 e. The van der Waals surface area contributed by atoms with Crippen molar-refractivity contribution in [2.24, 2.45) is 0 Å². The van der Waals surface area contributed by atoms with Gasteiger partial charge in [-0.25, -0.2) is 4.79 Å².